The van der Waals surface area contributed by atoms with Gasteiger partial charge in [-0.2, -0.15) is 5.10 Å². The van der Waals surface area contributed by atoms with E-state index in [1.54, 1.807) is 16.0 Å². The fourth-order valence-corrected chi connectivity index (χ4v) is 3.63. The number of aliphatic hydroxyl groups is 1. The molecule has 3 heterocycles. The van der Waals surface area contributed by atoms with Gasteiger partial charge in [-0.05, 0) is 32.9 Å². The van der Waals surface area contributed by atoms with E-state index in [2.05, 4.69) is 20.3 Å². The lowest BCUT2D eigenvalue weighted by Crippen LogP contribution is -2.34. The van der Waals surface area contributed by atoms with Crippen LogP contribution in [0.2, 0.25) is 0 Å². The Balaban J connectivity index is 1.57. The lowest BCUT2D eigenvalue weighted by Gasteiger charge is -2.19. The van der Waals surface area contributed by atoms with Crippen LogP contribution in [-0.2, 0) is 7.05 Å². The quantitative estimate of drug-likeness (QED) is 0.868. The van der Waals surface area contributed by atoms with Gasteiger partial charge in [0.15, 0.2) is 10.8 Å². The highest BCUT2D eigenvalue weighted by Gasteiger charge is 2.16. The highest BCUT2D eigenvalue weighted by molar-refractivity contribution is 7.22. The van der Waals surface area contributed by atoms with Gasteiger partial charge in [-0.1, -0.05) is 11.3 Å². The third-order valence-electron chi connectivity index (χ3n) is 3.70. The van der Waals surface area contributed by atoms with E-state index in [9.17, 15) is 5.11 Å². The van der Waals surface area contributed by atoms with Crippen molar-refractivity contribution in [2.75, 3.05) is 31.5 Å². The molecular weight excluding hydrogens is 274 g/mol. The Kier molecular flexibility index (Phi) is 3.91. The molecule has 0 aromatic carbocycles. The lowest BCUT2D eigenvalue weighted by molar-refractivity contribution is 0.135. The van der Waals surface area contributed by atoms with Crippen molar-refractivity contribution in [1.29, 1.82) is 0 Å². The van der Waals surface area contributed by atoms with Gasteiger partial charge in [0.25, 0.3) is 0 Å². The number of anilines is 1. The van der Waals surface area contributed by atoms with Crippen molar-refractivity contribution in [1.82, 2.24) is 19.7 Å². The zero-order valence-corrected chi connectivity index (χ0v) is 12.8. The second-order valence-corrected chi connectivity index (χ2v) is 6.42. The molecule has 0 unspecified atom stereocenters. The van der Waals surface area contributed by atoms with E-state index < -0.39 is 0 Å². The van der Waals surface area contributed by atoms with Gasteiger partial charge >= 0.3 is 0 Å². The molecule has 6 nitrogen and oxygen atoms in total. The number of aromatic nitrogens is 3. The van der Waals surface area contributed by atoms with Crippen LogP contribution in [0.5, 0.6) is 0 Å². The fourth-order valence-electron chi connectivity index (χ4n) is 2.69. The molecule has 110 valence electrons. The van der Waals surface area contributed by atoms with E-state index in [0.29, 0.717) is 6.54 Å². The third-order valence-corrected chi connectivity index (χ3v) is 4.81. The van der Waals surface area contributed by atoms with Gasteiger partial charge in [-0.25, -0.2) is 9.67 Å². The zero-order chi connectivity index (χ0) is 14.1. The number of fused-ring (bicyclic) bond motifs is 1. The molecule has 20 heavy (non-hydrogen) atoms. The molecular formula is C13H21N5OS. The van der Waals surface area contributed by atoms with Crippen LogP contribution in [0.25, 0.3) is 10.3 Å². The molecule has 2 N–H and O–H groups in total. The number of hydrogen-bond acceptors (Lipinski definition) is 6. The summed E-state index contributed by atoms with van der Waals surface area (Å²) >= 11 is 1.60. The largest absolute Gasteiger partial charge is 0.390 e. The van der Waals surface area contributed by atoms with Crippen molar-refractivity contribution >= 4 is 26.8 Å². The normalized spacial score (nSPS) is 17.9. The van der Waals surface area contributed by atoms with Gasteiger partial charge in [0, 0.05) is 20.1 Å². The maximum atomic E-state index is 10.1. The maximum absolute atomic E-state index is 10.1. The van der Waals surface area contributed by atoms with Gasteiger partial charge < -0.3 is 15.3 Å². The summed E-state index contributed by atoms with van der Waals surface area (Å²) in [7, 11) is 1.90. The summed E-state index contributed by atoms with van der Waals surface area (Å²) in [6.07, 6.45) is 2.16. The van der Waals surface area contributed by atoms with Gasteiger partial charge in [-0.3, -0.25) is 0 Å². The van der Waals surface area contributed by atoms with Gasteiger partial charge in [-0.15, -0.1) is 0 Å². The standard InChI is InChI=1S/C13H21N5OS/c1-9-11-12(17(2)16-9)15-13(20-11)14-7-10(19)8-18-5-3-4-6-18/h10,19H,3-8H2,1-2H3,(H,14,15)/t10-/m1/s1. The van der Waals surface area contributed by atoms with Crippen molar-refractivity contribution < 1.29 is 5.11 Å². The molecule has 7 heteroatoms. The van der Waals surface area contributed by atoms with E-state index >= 15 is 0 Å². The minimum Gasteiger partial charge on any atom is -0.390 e. The first-order valence-electron chi connectivity index (χ1n) is 7.08. The van der Waals surface area contributed by atoms with Crippen molar-refractivity contribution in [3.05, 3.63) is 5.69 Å². The molecule has 0 aliphatic carbocycles. The van der Waals surface area contributed by atoms with Crippen molar-refractivity contribution in [3.8, 4) is 0 Å². The summed E-state index contributed by atoms with van der Waals surface area (Å²) < 4.78 is 2.91. The molecule has 0 saturated carbocycles. The first-order chi connectivity index (χ1) is 9.63. The molecule has 1 saturated heterocycles. The predicted octanol–water partition coefficient (Wildman–Crippen LogP) is 1.21. The van der Waals surface area contributed by atoms with E-state index in [1.807, 2.05) is 14.0 Å². The molecule has 0 amide bonds. The third kappa shape index (κ3) is 2.79. The van der Waals surface area contributed by atoms with Crippen LogP contribution in [0.15, 0.2) is 0 Å². The van der Waals surface area contributed by atoms with Crippen LogP contribution in [0.4, 0.5) is 5.13 Å². The van der Waals surface area contributed by atoms with Crippen LogP contribution < -0.4 is 5.32 Å². The second-order valence-electron chi connectivity index (χ2n) is 5.42. The number of nitrogens with zero attached hydrogens (tertiary/aromatic N) is 4. The first kappa shape index (κ1) is 13.8. The first-order valence-corrected chi connectivity index (χ1v) is 7.89. The van der Waals surface area contributed by atoms with Crippen LogP contribution >= 0.6 is 11.3 Å². The molecule has 2 aromatic heterocycles. The van der Waals surface area contributed by atoms with Gasteiger partial charge in [0.1, 0.15) is 0 Å². The molecule has 1 fully saturated rings. The Morgan fingerprint density at radius 1 is 1.40 bits per heavy atom. The Morgan fingerprint density at radius 3 is 2.85 bits per heavy atom. The number of likely N-dealkylation sites (tertiary alicyclic amines) is 1. The SMILES string of the molecule is Cc1nn(C)c2nc(NC[C@@H](O)CN3CCCC3)sc12. The number of aryl methyl sites for hydroxylation is 2. The maximum Gasteiger partial charge on any atom is 0.185 e. The Hall–Kier alpha value is -1.18. The van der Waals surface area contributed by atoms with Crippen LogP contribution in [0, 0.1) is 6.92 Å². The van der Waals surface area contributed by atoms with E-state index in [4.69, 9.17) is 0 Å². The second kappa shape index (κ2) is 5.67. The van der Waals surface area contributed by atoms with Crippen LogP contribution in [0.3, 0.4) is 0 Å². The summed E-state index contributed by atoms with van der Waals surface area (Å²) in [5, 5.41) is 18.5. The number of rotatable bonds is 5. The number of thiazole rings is 1. The molecule has 3 rings (SSSR count). The van der Waals surface area contributed by atoms with Gasteiger partial charge in [0.05, 0.1) is 16.5 Å². The van der Waals surface area contributed by atoms with E-state index in [0.717, 1.165) is 40.8 Å². The molecule has 2 aromatic rings. The molecule has 0 spiro atoms. The van der Waals surface area contributed by atoms with E-state index in [-0.39, 0.29) is 6.10 Å². The van der Waals surface area contributed by atoms with Gasteiger partial charge in [0.2, 0.25) is 0 Å². The molecule has 1 aliphatic rings. The summed E-state index contributed by atoms with van der Waals surface area (Å²) in [5.41, 5.74) is 1.91. The smallest absolute Gasteiger partial charge is 0.185 e. The van der Waals surface area contributed by atoms with Crippen molar-refractivity contribution in [3.63, 3.8) is 0 Å². The molecule has 1 aliphatic heterocycles. The Labute approximate surface area is 122 Å². The monoisotopic (exact) mass is 295 g/mol. The Bertz CT molecular complexity index is 552. The highest BCUT2D eigenvalue weighted by atomic mass is 32.1. The molecule has 1 atom stereocenters. The summed E-state index contributed by atoms with van der Waals surface area (Å²) in [4.78, 5) is 6.84. The van der Waals surface area contributed by atoms with E-state index in [1.165, 1.54) is 12.8 Å². The molecule has 0 radical (unpaired) electrons. The number of nitrogens with one attached hydrogen (secondary N) is 1. The van der Waals surface area contributed by atoms with Crippen molar-refractivity contribution in [2.24, 2.45) is 7.05 Å². The number of β-amino-alcohol motifs (C(OH)–C–C–N with tert-alkyl or cyclic N) is 1. The number of hydrogen-bond donors (Lipinski definition) is 2. The summed E-state index contributed by atoms with van der Waals surface area (Å²) in [6, 6.07) is 0. The van der Waals surface area contributed by atoms with Crippen molar-refractivity contribution in [2.45, 2.75) is 25.9 Å². The highest BCUT2D eigenvalue weighted by Crippen LogP contribution is 2.27. The lowest BCUT2D eigenvalue weighted by atomic mass is 10.3. The number of aliphatic hydroxyl groups excluding tert-OH is 1. The summed E-state index contributed by atoms with van der Waals surface area (Å²) in [6.45, 7) is 5.51. The average Bonchev–Trinajstić information content (AvgIpc) is 3.08. The fraction of sp³-hybridized carbons (Fsp3) is 0.692. The average molecular weight is 295 g/mol. The minimum absolute atomic E-state index is 0.348. The molecule has 0 bridgehead atoms. The zero-order valence-electron chi connectivity index (χ0n) is 12.0. The Morgan fingerprint density at radius 2 is 2.15 bits per heavy atom. The minimum atomic E-state index is -0.348. The van der Waals surface area contributed by atoms with Crippen LogP contribution in [-0.4, -0.2) is 57.1 Å². The topological polar surface area (TPSA) is 66.2 Å². The predicted molar refractivity (Wildman–Crippen MR) is 81.3 cm³/mol. The van der Waals surface area contributed by atoms with Crippen LogP contribution in [0.1, 0.15) is 18.5 Å². The summed E-state index contributed by atoms with van der Waals surface area (Å²) in [5.74, 6) is 0.